The summed E-state index contributed by atoms with van der Waals surface area (Å²) < 4.78 is 39.8. The van der Waals surface area contributed by atoms with Gasteiger partial charge in [0.05, 0.1) is 44.1 Å². The maximum atomic E-state index is 13.8. The highest BCUT2D eigenvalue weighted by Crippen LogP contribution is 2.38. The first-order valence-corrected chi connectivity index (χ1v) is 12.0. The molecule has 2 aromatic carbocycles. The Morgan fingerprint density at radius 3 is 1.78 bits per heavy atom. The quantitative estimate of drug-likeness (QED) is 0.507. The van der Waals surface area contributed by atoms with Crippen LogP contribution in [0, 0.1) is 23.5 Å². The summed E-state index contributed by atoms with van der Waals surface area (Å²) in [6.45, 7) is 3.53. The molecule has 0 spiro atoms. The Balaban J connectivity index is 0.000000181. The summed E-state index contributed by atoms with van der Waals surface area (Å²) >= 11 is 6.63. The van der Waals surface area contributed by atoms with Gasteiger partial charge in [-0.1, -0.05) is 38.8 Å². The zero-order chi connectivity index (χ0) is 23.5. The van der Waals surface area contributed by atoms with Crippen molar-refractivity contribution in [2.45, 2.75) is 24.4 Å². The second-order valence-corrected chi connectivity index (χ2v) is 10.2. The number of rotatable bonds is 4. The van der Waals surface area contributed by atoms with Crippen LogP contribution >= 0.6 is 31.9 Å². The Hall–Kier alpha value is -0.940. The van der Waals surface area contributed by atoms with Crippen LogP contribution in [-0.4, -0.2) is 38.1 Å². The van der Waals surface area contributed by atoms with Crippen molar-refractivity contribution in [2.24, 2.45) is 23.3 Å². The fourth-order valence-corrected chi connectivity index (χ4v) is 5.00. The summed E-state index contributed by atoms with van der Waals surface area (Å²) in [6, 6.07) is 9.50. The molecular weight excluding hydrogens is 550 g/mol. The summed E-state index contributed by atoms with van der Waals surface area (Å²) in [6.07, 6.45) is 0.891. The van der Waals surface area contributed by atoms with E-state index in [9.17, 15) is 13.9 Å². The molecule has 2 heterocycles. The average molecular weight is 578 g/mol. The smallest absolute Gasteiger partial charge is 0.128 e. The van der Waals surface area contributed by atoms with Crippen LogP contribution in [0.2, 0.25) is 0 Å². The van der Waals surface area contributed by atoms with Gasteiger partial charge in [-0.25, -0.2) is 8.78 Å². The van der Waals surface area contributed by atoms with Crippen LogP contribution in [0.15, 0.2) is 45.3 Å². The predicted molar refractivity (Wildman–Crippen MR) is 126 cm³/mol. The van der Waals surface area contributed by atoms with Crippen LogP contribution in [0.5, 0.6) is 0 Å². The first-order valence-electron chi connectivity index (χ1n) is 10.4. The zero-order valence-electron chi connectivity index (χ0n) is 17.8. The summed E-state index contributed by atoms with van der Waals surface area (Å²) in [7, 11) is 0. The molecule has 4 atom stereocenters. The minimum absolute atomic E-state index is 0.109. The van der Waals surface area contributed by atoms with Crippen molar-refractivity contribution in [3.05, 3.63) is 68.1 Å². The number of aliphatic hydroxyl groups excluding tert-OH is 1. The van der Waals surface area contributed by atoms with Gasteiger partial charge in [0.1, 0.15) is 11.6 Å². The van der Waals surface area contributed by atoms with E-state index >= 15 is 0 Å². The van der Waals surface area contributed by atoms with Crippen molar-refractivity contribution >= 4 is 31.9 Å². The molecule has 2 saturated heterocycles. The Morgan fingerprint density at radius 2 is 1.34 bits per heavy atom. The lowest BCUT2D eigenvalue weighted by molar-refractivity contribution is 0.160. The summed E-state index contributed by atoms with van der Waals surface area (Å²) in [4.78, 5) is 0. The van der Waals surface area contributed by atoms with Gasteiger partial charge in [-0.15, -0.1) is 0 Å². The van der Waals surface area contributed by atoms with E-state index in [-0.39, 0.29) is 36.7 Å². The maximum absolute atomic E-state index is 13.8. The molecule has 5 N–H and O–H groups in total. The van der Waals surface area contributed by atoms with Gasteiger partial charge in [0.15, 0.2) is 0 Å². The number of ether oxygens (including phenoxy) is 2. The third kappa shape index (κ3) is 5.09. The summed E-state index contributed by atoms with van der Waals surface area (Å²) in [5.41, 5.74) is 11.8. The van der Waals surface area contributed by atoms with E-state index in [1.54, 1.807) is 24.3 Å². The summed E-state index contributed by atoms with van der Waals surface area (Å²) in [5.74, 6) is -0.711. The van der Waals surface area contributed by atoms with E-state index in [4.69, 9.17) is 20.9 Å². The van der Waals surface area contributed by atoms with Crippen molar-refractivity contribution in [3.8, 4) is 0 Å². The average Bonchev–Trinajstić information content (AvgIpc) is 3.35. The minimum Gasteiger partial charge on any atom is -0.396 e. The Morgan fingerprint density at radius 1 is 0.906 bits per heavy atom. The normalized spacial score (nSPS) is 29.6. The Bertz CT molecular complexity index is 876. The van der Waals surface area contributed by atoms with Gasteiger partial charge in [0.2, 0.25) is 0 Å². The second kappa shape index (κ2) is 10.5. The number of aliphatic hydroxyl groups is 1. The van der Waals surface area contributed by atoms with Gasteiger partial charge in [-0.2, -0.15) is 0 Å². The second-order valence-electron chi connectivity index (χ2n) is 8.34. The van der Waals surface area contributed by atoms with Crippen LogP contribution in [0.4, 0.5) is 8.78 Å². The van der Waals surface area contributed by atoms with Crippen LogP contribution in [0.3, 0.4) is 0 Å². The molecule has 4 rings (SSSR count). The fraction of sp³-hybridized carbons (Fsp3) is 0.478. The van der Waals surface area contributed by atoms with Crippen molar-refractivity contribution in [2.75, 3.05) is 33.0 Å². The predicted octanol–water partition coefficient (Wildman–Crippen LogP) is 4.18. The molecule has 0 aromatic heterocycles. The Labute approximate surface area is 203 Å². The molecule has 0 saturated carbocycles. The SMILES string of the molecule is CC[C@@H]1COC[C@@]1(N)c1cc(Br)ccc1F.N[C@]1(c2cc(Br)ccc2F)COC[C@@H]1CO. The number of nitrogens with two attached hydrogens (primary N) is 2. The van der Waals surface area contributed by atoms with Gasteiger partial charge in [-0.3, -0.25) is 0 Å². The number of hydrogen-bond acceptors (Lipinski definition) is 5. The van der Waals surface area contributed by atoms with Crippen molar-refractivity contribution in [3.63, 3.8) is 0 Å². The lowest BCUT2D eigenvalue weighted by atomic mass is 9.80. The number of hydrogen-bond donors (Lipinski definition) is 3. The molecule has 2 fully saturated rings. The van der Waals surface area contributed by atoms with Crippen LogP contribution in [0.1, 0.15) is 24.5 Å². The molecule has 2 aliphatic rings. The van der Waals surface area contributed by atoms with E-state index < -0.39 is 11.1 Å². The van der Waals surface area contributed by atoms with Gasteiger partial charge in [-0.05, 0) is 42.8 Å². The molecular formula is C23H28Br2F2N2O3. The first kappa shape index (κ1) is 25.7. The van der Waals surface area contributed by atoms with Crippen molar-refractivity contribution in [1.29, 1.82) is 0 Å². The van der Waals surface area contributed by atoms with E-state index in [2.05, 4.69) is 38.8 Å². The monoisotopic (exact) mass is 576 g/mol. The van der Waals surface area contributed by atoms with Gasteiger partial charge >= 0.3 is 0 Å². The Kier molecular flexibility index (Phi) is 8.46. The molecule has 5 nitrogen and oxygen atoms in total. The molecule has 2 aromatic rings. The van der Waals surface area contributed by atoms with E-state index in [1.165, 1.54) is 12.1 Å². The van der Waals surface area contributed by atoms with E-state index in [1.807, 2.05) is 0 Å². The lowest BCUT2D eigenvalue weighted by Crippen LogP contribution is -2.46. The van der Waals surface area contributed by atoms with Crippen LogP contribution in [-0.2, 0) is 20.6 Å². The van der Waals surface area contributed by atoms with Gasteiger partial charge < -0.3 is 26.0 Å². The molecule has 176 valence electrons. The van der Waals surface area contributed by atoms with E-state index in [0.29, 0.717) is 30.9 Å². The fourth-order valence-electron chi connectivity index (χ4n) is 4.27. The van der Waals surface area contributed by atoms with Crippen LogP contribution in [0.25, 0.3) is 0 Å². The maximum Gasteiger partial charge on any atom is 0.128 e. The molecule has 9 heteroatoms. The van der Waals surface area contributed by atoms with Crippen molar-refractivity contribution < 1.29 is 23.4 Å². The third-order valence-electron chi connectivity index (χ3n) is 6.35. The van der Waals surface area contributed by atoms with Gasteiger partial charge in [0, 0.05) is 31.9 Å². The molecule has 0 unspecified atom stereocenters. The van der Waals surface area contributed by atoms with E-state index in [0.717, 1.165) is 15.4 Å². The lowest BCUT2D eigenvalue weighted by Gasteiger charge is -2.29. The first-order chi connectivity index (χ1) is 15.2. The third-order valence-corrected chi connectivity index (χ3v) is 7.34. The molecule has 0 aliphatic carbocycles. The van der Waals surface area contributed by atoms with Crippen molar-refractivity contribution in [1.82, 2.24) is 0 Å². The molecule has 32 heavy (non-hydrogen) atoms. The number of halogens is 4. The molecule has 2 aliphatic heterocycles. The van der Waals surface area contributed by atoms with Gasteiger partial charge in [0.25, 0.3) is 0 Å². The molecule has 0 bridgehead atoms. The standard InChI is InChI=1S/C12H15BrFNO.C11H13BrFNO2/c1-2-8-6-16-7-12(8,15)10-5-9(13)3-4-11(10)14;12-8-1-2-10(13)9(3-8)11(14)6-16-5-7(11)4-15/h3-5,8H,2,6-7,15H2,1H3;1-3,7,15H,4-6,14H2/t8-,12+;7-,11+/m10/s1. The molecule has 0 amide bonds. The topological polar surface area (TPSA) is 90.7 Å². The summed E-state index contributed by atoms with van der Waals surface area (Å²) in [5, 5.41) is 9.23. The molecule has 0 radical (unpaired) electrons. The van der Waals surface area contributed by atoms with Crippen LogP contribution < -0.4 is 11.5 Å². The highest BCUT2D eigenvalue weighted by atomic mass is 79.9. The highest BCUT2D eigenvalue weighted by Gasteiger charge is 2.44. The zero-order valence-corrected chi connectivity index (χ0v) is 21.0. The largest absolute Gasteiger partial charge is 0.396 e. The number of benzene rings is 2. The minimum atomic E-state index is -0.942. The highest BCUT2D eigenvalue weighted by molar-refractivity contribution is 9.10.